The van der Waals surface area contributed by atoms with Crippen molar-refractivity contribution in [2.24, 2.45) is 5.92 Å². The predicted octanol–water partition coefficient (Wildman–Crippen LogP) is 1.57. The van der Waals surface area contributed by atoms with Crippen molar-refractivity contribution < 1.29 is 0 Å². The number of rotatable bonds is 6. The second kappa shape index (κ2) is 6.44. The lowest BCUT2D eigenvalue weighted by atomic mass is 10.2. The van der Waals surface area contributed by atoms with Gasteiger partial charge in [0.2, 0.25) is 0 Å². The molecule has 0 spiro atoms. The van der Waals surface area contributed by atoms with E-state index in [1.165, 1.54) is 6.54 Å². The van der Waals surface area contributed by atoms with Gasteiger partial charge in [-0.1, -0.05) is 27.7 Å². The number of hydrogen-bond acceptors (Lipinski definition) is 2. The Hall–Kier alpha value is -0.0800. The van der Waals surface area contributed by atoms with Gasteiger partial charge in [0.15, 0.2) is 0 Å². The highest BCUT2D eigenvalue weighted by Crippen LogP contribution is 1.94. The van der Waals surface area contributed by atoms with Crippen LogP contribution < -0.4 is 5.32 Å². The molecule has 12 heavy (non-hydrogen) atoms. The maximum atomic E-state index is 3.41. The molecule has 2 nitrogen and oxygen atoms in total. The van der Waals surface area contributed by atoms with Crippen LogP contribution in [0, 0.1) is 5.92 Å². The van der Waals surface area contributed by atoms with Crippen LogP contribution in [0.5, 0.6) is 0 Å². The van der Waals surface area contributed by atoms with Crippen molar-refractivity contribution in [1.82, 2.24) is 10.2 Å². The Morgan fingerprint density at radius 3 is 2.17 bits per heavy atom. The molecule has 0 bridgehead atoms. The molecule has 0 fully saturated rings. The lowest BCUT2D eigenvalue weighted by Crippen LogP contribution is -2.34. The van der Waals surface area contributed by atoms with E-state index in [1.54, 1.807) is 0 Å². The van der Waals surface area contributed by atoms with Gasteiger partial charge in [-0.3, -0.25) is 0 Å². The van der Waals surface area contributed by atoms with Crippen molar-refractivity contribution in [2.75, 3.05) is 26.7 Å². The first kappa shape index (κ1) is 11.9. The van der Waals surface area contributed by atoms with Gasteiger partial charge in [-0.25, -0.2) is 0 Å². The van der Waals surface area contributed by atoms with Gasteiger partial charge in [-0.2, -0.15) is 0 Å². The minimum atomic E-state index is 0.609. The summed E-state index contributed by atoms with van der Waals surface area (Å²) in [6.07, 6.45) is 0. The Labute approximate surface area is 77.3 Å². The van der Waals surface area contributed by atoms with E-state index in [0.29, 0.717) is 6.04 Å². The molecule has 0 aliphatic rings. The largest absolute Gasteiger partial charge is 0.313 e. The topological polar surface area (TPSA) is 15.3 Å². The third-order valence-corrected chi connectivity index (χ3v) is 1.72. The predicted molar refractivity (Wildman–Crippen MR) is 55.5 cm³/mol. The SMILES string of the molecule is CC(C)CN(C)CCNC(C)C. The Morgan fingerprint density at radius 2 is 1.75 bits per heavy atom. The van der Waals surface area contributed by atoms with E-state index in [0.717, 1.165) is 19.0 Å². The maximum Gasteiger partial charge on any atom is 0.0104 e. The van der Waals surface area contributed by atoms with E-state index in [2.05, 4.69) is 45.0 Å². The molecule has 0 atom stereocenters. The summed E-state index contributed by atoms with van der Waals surface area (Å²) in [5.74, 6) is 0.772. The van der Waals surface area contributed by atoms with Crippen molar-refractivity contribution in [2.45, 2.75) is 33.7 Å². The molecule has 74 valence electrons. The summed E-state index contributed by atoms with van der Waals surface area (Å²) >= 11 is 0. The van der Waals surface area contributed by atoms with Gasteiger partial charge in [0, 0.05) is 25.7 Å². The van der Waals surface area contributed by atoms with Gasteiger partial charge in [0.1, 0.15) is 0 Å². The first-order valence-corrected chi connectivity index (χ1v) is 4.94. The molecule has 0 aromatic rings. The normalized spacial score (nSPS) is 12.0. The number of nitrogens with one attached hydrogen (secondary N) is 1. The lowest BCUT2D eigenvalue weighted by molar-refractivity contribution is 0.291. The van der Waals surface area contributed by atoms with Crippen molar-refractivity contribution in [3.05, 3.63) is 0 Å². The molecule has 0 heterocycles. The van der Waals surface area contributed by atoms with Crippen LogP contribution in [0.1, 0.15) is 27.7 Å². The summed E-state index contributed by atoms with van der Waals surface area (Å²) in [6.45, 7) is 12.3. The average molecular weight is 172 g/mol. The highest BCUT2D eigenvalue weighted by molar-refractivity contribution is 4.58. The third kappa shape index (κ3) is 8.02. The molecule has 1 N–H and O–H groups in total. The second-order valence-electron chi connectivity index (χ2n) is 4.26. The van der Waals surface area contributed by atoms with Crippen LogP contribution >= 0.6 is 0 Å². The quantitative estimate of drug-likeness (QED) is 0.654. The van der Waals surface area contributed by atoms with Crippen LogP contribution in [0.15, 0.2) is 0 Å². The van der Waals surface area contributed by atoms with Crippen molar-refractivity contribution >= 4 is 0 Å². The highest BCUT2D eigenvalue weighted by atomic mass is 15.1. The number of hydrogen-bond donors (Lipinski definition) is 1. The summed E-state index contributed by atoms with van der Waals surface area (Å²) in [6, 6.07) is 0.609. The van der Waals surface area contributed by atoms with Crippen molar-refractivity contribution in [1.29, 1.82) is 0 Å². The third-order valence-electron chi connectivity index (χ3n) is 1.72. The van der Waals surface area contributed by atoms with Crippen LogP contribution in [0.2, 0.25) is 0 Å². The average Bonchev–Trinajstić information content (AvgIpc) is 1.84. The molecule has 0 saturated heterocycles. The first-order chi connectivity index (χ1) is 5.52. The van der Waals surface area contributed by atoms with E-state index in [9.17, 15) is 0 Å². The van der Waals surface area contributed by atoms with Crippen LogP contribution in [0.3, 0.4) is 0 Å². The molecule has 0 unspecified atom stereocenters. The summed E-state index contributed by atoms with van der Waals surface area (Å²) in [7, 11) is 2.18. The fourth-order valence-corrected chi connectivity index (χ4v) is 1.26. The van der Waals surface area contributed by atoms with Gasteiger partial charge >= 0.3 is 0 Å². The molecule has 0 amide bonds. The Kier molecular flexibility index (Phi) is 6.39. The summed E-state index contributed by atoms with van der Waals surface area (Å²) < 4.78 is 0. The number of likely N-dealkylation sites (N-methyl/N-ethyl adjacent to an activating group) is 1. The van der Waals surface area contributed by atoms with Crippen molar-refractivity contribution in [3.63, 3.8) is 0 Å². The summed E-state index contributed by atoms with van der Waals surface area (Å²) in [5, 5.41) is 3.41. The smallest absolute Gasteiger partial charge is 0.0104 e. The zero-order valence-corrected chi connectivity index (χ0v) is 9.22. The summed E-state index contributed by atoms with van der Waals surface area (Å²) in [4.78, 5) is 2.38. The Balaban J connectivity index is 3.25. The van der Waals surface area contributed by atoms with Crippen LogP contribution in [-0.2, 0) is 0 Å². The van der Waals surface area contributed by atoms with Gasteiger partial charge in [-0.15, -0.1) is 0 Å². The molecule has 2 heteroatoms. The Morgan fingerprint density at radius 1 is 1.17 bits per heavy atom. The van der Waals surface area contributed by atoms with E-state index < -0.39 is 0 Å². The summed E-state index contributed by atoms with van der Waals surface area (Å²) in [5.41, 5.74) is 0. The molecule has 0 radical (unpaired) electrons. The van der Waals surface area contributed by atoms with Crippen LogP contribution in [0.4, 0.5) is 0 Å². The Bertz CT molecular complexity index is 100. The fourth-order valence-electron chi connectivity index (χ4n) is 1.26. The highest BCUT2D eigenvalue weighted by Gasteiger charge is 2.00. The maximum absolute atomic E-state index is 3.41. The molecular formula is C10H24N2. The number of nitrogens with zero attached hydrogens (tertiary/aromatic N) is 1. The van der Waals surface area contributed by atoms with Crippen LogP contribution in [0.25, 0.3) is 0 Å². The molecule has 0 saturated carbocycles. The fraction of sp³-hybridized carbons (Fsp3) is 1.00. The van der Waals surface area contributed by atoms with Crippen molar-refractivity contribution in [3.8, 4) is 0 Å². The zero-order valence-electron chi connectivity index (χ0n) is 9.22. The van der Waals surface area contributed by atoms with E-state index in [4.69, 9.17) is 0 Å². The second-order valence-corrected chi connectivity index (χ2v) is 4.26. The van der Waals surface area contributed by atoms with Gasteiger partial charge in [0.05, 0.1) is 0 Å². The van der Waals surface area contributed by atoms with Gasteiger partial charge < -0.3 is 10.2 Å². The molecule has 0 rings (SSSR count). The molecule has 0 aromatic carbocycles. The molecule has 0 aliphatic carbocycles. The lowest BCUT2D eigenvalue weighted by Gasteiger charge is -2.19. The van der Waals surface area contributed by atoms with Crippen LogP contribution in [-0.4, -0.2) is 37.6 Å². The van der Waals surface area contributed by atoms with Gasteiger partial charge in [-0.05, 0) is 13.0 Å². The van der Waals surface area contributed by atoms with Gasteiger partial charge in [0.25, 0.3) is 0 Å². The zero-order chi connectivity index (χ0) is 9.56. The van der Waals surface area contributed by atoms with E-state index in [-0.39, 0.29) is 0 Å². The molecule has 0 aromatic heterocycles. The molecule has 0 aliphatic heterocycles. The minimum absolute atomic E-state index is 0.609. The monoisotopic (exact) mass is 172 g/mol. The van der Waals surface area contributed by atoms with E-state index in [1.807, 2.05) is 0 Å². The first-order valence-electron chi connectivity index (χ1n) is 4.94. The minimum Gasteiger partial charge on any atom is -0.313 e. The van der Waals surface area contributed by atoms with E-state index >= 15 is 0 Å². The molecular weight excluding hydrogens is 148 g/mol. The standard InChI is InChI=1S/C10H24N2/c1-9(2)8-12(5)7-6-11-10(3)4/h9-11H,6-8H2,1-5H3.